The fourth-order valence-electron chi connectivity index (χ4n) is 1.47. The normalized spacial score (nSPS) is 18.2. The molecule has 17 heavy (non-hydrogen) atoms. The zero-order valence-corrected chi connectivity index (χ0v) is 9.90. The molecule has 1 atom stereocenters. The minimum atomic E-state index is -0.186. The number of hydrogen-bond donors (Lipinski definition) is 3. The molecule has 0 bridgehead atoms. The molecule has 3 N–H and O–H groups in total. The summed E-state index contributed by atoms with van der Waals surface area (Å²) < 4.78 is 1.87. The van der Waals surface area contributed by atoms with E-state index in [1.807, 2.05) is 30.9 Å². The lowest BCUT2D eigenvalue weighted by Gasteiger charge is -2.09. The molecule has 1 aromatic heterocycles. The number of carbonyl (C=O) groups is 1. The van der Waals surface area contributed by atoms with Crippen molar-refractivity contribution >= 4 is 11.9 Å². The van der Waals surface area contributed by atoms with Crippen molar-refractivity contribution in [1.29, 1.82) is 0 Å². The average molecular weight is 234 g/mol. The zero-order valence-electron chi connectivity index (χ0n) is 9.90. The van der Waals surface area contributed by atoms with Gasteiger partial charge in [-0.1, -0.05) is 0 Å². The van der Waals surface area contributed by atoms with Crippen LogP contribution in [0.1, 0.15) is 17.3 Å². The lowest BCUT2D eigenvalue weighted by Crippen LogP contribution is -2.47. The van der Waals surface area contributed by atoms with E-state index in [0.29, 0.717) is 17.6 Å². The number of hydrazine groups is 1. The van der Waals surface area contributed by atoms with Crippen LogP contribution in [0.15, 0.2) is 29.5 Å². The highest BCUT2D eigenvalue weighted by atomic mass is 16.2. The van der Waals surface area contributed by atoms with E-state index in [4.69, 9.17) is 0 Å². The molecule has 2 heterocycles. The zero-order chi connectivity index (χ0) is 12.3. The van der Waals surface area contributed by atoms with E-state index in [-0.39, 0.29) is 5.91 Å². The smallest absolute Gasteiger partial charge is 0.270 e. The van der Waals surface area contributed by atoms with Crippen molar-refractivity contribution in [2.45, 2.75) is 13.0 Å². The number of aromatic nitrogens is 1. The number of guanidine groups is 1. The average Bonchev–Trinajstić information content (AvgIpc) is 2.73. The van der Waals surface area contributed by atoms with Gasteiger partial charge in [-0.2, -0.15) is 0 Å². The fraction of sp³-hybridized carbons (Fsp3) is 0.364. The third-order valence-electron chi connectivity index (χ3n) is 2.44. The van der Waals surface area contributed by atoms with Gasteiger partial charge in [-0.05, 0) is 6.92 Å². The van der Waals surface area contributed by atoms with Crippen molar-refractivity contribution in [2.75, 3.05) is 6.54 Å². The molecule has 90 valence electrons. The van der Waals surface area contributed by atoms with Crippen LogP contribution in [0.2, 0.25) is 0 Å². The number of nitrogens with one attached hydrogen (secondary N) is 3. The van der Waals surface area contributed by atoms with Crippen molar-refractivity contribution < 1.29 is 9.36 Å². The Bertz CT molecular complexity index is 440. The Labute approximate surface area is 99.7 Å². The number of rotatable bonds is 1. The van der Waals surface area contributed by atoms with E-state index < -0.39 is 0 Å². The third-order valence-corrected chi connectivity index (χ3v) is 2.44. The van der Waals surface area contributed by atoms with E-state index in [1.54, 1.807) is 12.1 Å². The van der Waals surface area contributed by atoms with Crippen molar-refractivity contribution in [2.24, 2.45) is 12.0 Å². The molecule has 0 radical (unpaired) electrons. The number of amides is 1. The summed E-state index contributed by atoms with van der Waals surface area (Å²) in [5.41, 5.74) is 5.95. The van der Waals surface area contributed by atoms with Crippen LogP contribution in [0.25, 0.3) is 0 Å². The van der Waals surface area contributed by atoms with E-state index in [0.717, 1.165) is 6.54 Å². The standard InChI is InChI=1S/C11H15N5O/c1-8-7-12-11(13-8)15-14-10(17)9-3-5-16(2)6-4-9/h3-6,8H,7H2,1-2H3,(H2,12,13,17)/p+1. The van der Waals surface area contributed by atoms with Crippen LogP contribution in [0.3, 0.4) is 0 Å². The van der Waals surface area contributed by atoms with Crippen LogP contribution in [0.4, 0.5) is 0 Å². The largest absolute Gasteiger partial charge is 0.351 e. The molecule has 0 aliphatic carbocycles. The monoisotopic (exact) mass is 234 g/mol. The molecule has 0 saturated carbocycles. The molecule has 1 aliphatic rings. The van der Waals surface area contributed by atoms with Crippen LogP contribution in [-0.2, 0) is 7.05 Å². The SMILES string of the molecule is CC1CN=C(NNC(=O)c2cc[n+](C)cc2)N1. The van der Waals surface area contributed by atoms with Crippen LogP contribution >= 0.6 is 0 Å². The van der Waals surface area contributed by atoms with Crippen LogP contribution in [-0.4, -0.2) is 24.5 Å². The number of aryl methyl sites for hydroxylation is 1. The van der Waals surface area contributed by atoms with Gasteiger partial charge in [-0.3, -0.25) is 15.6 Å². The maximum atomic E-state index is 11.7. The summed E-state index contributed by atoms with van der Waals surface area (Å²) in [7, 11) is 1.90. The second-order valence-electron chi connectivity index (χ2n) is 4.07. The summed E-state index contributed by atoms with van der Waals surface area (Å²) in [6.07, 6.45) is 3.64. The topological polar surface area (TPSA) is 69.4 Å². The fourth-order valence-corrected chi connectivity index (χ4v) is 1.47. The minimum Gasteiger partial charge on any atom is -0.351 e. The summed E-state index contributed by atoms with van der Waals surface area (Å²) >= 11 is 0. The van der Waals surface area contributed by atoms with Gasteiger partial charge in [-0.25, -0.2) is 9.56 Å². The predicted octanol–water partition coefficient (Wildman–Crippen LogP) is -0.907. The minimum absolute atomic E-state index is 0.186. The molecule has 0 spiro atoms. The molecular weight excluding hydrogens is 218 g/mol. The van der Waals surface area contributed by atoms with Gasteiger partial charge >= 0.3 is 0 Å². The molecule has 1 amide bonds. The van der Waals surface area contributed by atoms with Crippen molar-refractivity contribution in [3.8, 4) is 0 Å². The van der Waals surface area contributed by atoms with E-state index in [2.05, 4.69) is 21.2 Å². The maximum absolute atomic E-state index is 11.7. The van der Waals surface area contributed by atoms with Gasteiger partial charge in [-0.15, -0.1) is 0 Å². The van der Waals surface area contributed by atoms with E-state index in [1.165, 1.54) is 0 Å². The molecular formula is C11H16N5O+. The van der Waals surface area contributed by atoms with Crippen molar-refractivity contribution in [1.82, 2.24) is 16.2 Å². The summed E-state index contributed by atoms with van der Waals surface area (Å²) in [5, 5.41) is 3.09. The highest BCUT2D eigenvalue weighted by Gasteiger charge is 2.13. The Kier molecular flexibility index (Phi) is 3.22. The van der Waals surface area contributed by atoms with Gasteiger partial charge in [0.1, 0.15) is 7.05 Å². The molecule has 0 fully saturated rings. The van der Waals surface area contributed by atoms with Crippen LogP contribution in [0, 0.1) is 0 Å². The first-order valence-corrected chi connectivity index (χ1v) is 5.48. The first-order chi connectivity index (χ1) is 8.15. The molecule has 1 aliphatic heterocycles. The Balaban J connectivity index is 1.87. The summed E-state index contributed by atoms with van der Waals surface area (Å²) in [4.78, 5) is 15.9. The predicted molar refractivity (Wildman–Crippen MR) is 63.1 cm³/mol. The first-order valence-electron chi connectivity index (χ1n) is 5.48. The van der Waals surface area contributed by atoms with Gasteiger partial charge in [0.2, 0.25) is 5.96 Å². The van der Waals surface area contributed by atoms with Gasteiger partial charge in [0.05, 0.1) is 12.1 Å². The summed E-state index contributed by atoms with van der Waals surface area (Å²) in [5.74, 6) is 0.419. The Morgan fingerprint density at radius 1 is 1.53 bits per heavy atom. The van der Waals surface area contributed by atoms with Crippen molar-refractivity contribution in [3.63, 3.8) is 0 Å². The molecule has 0 saturated heterocycles. The quantitative estimate of drug-likeness (QED) is 0.435. The number of hydrogen-bond acceptors (Lipinski definition) is 4. The lowest BCUT2D eigenvalue weighted by atomic mass is 10.2. The molecule has 1 unspecified atom stereocenters. The molecule has 0 aromatic carbocycles. The number of pyridine rings is 1. The van der Waals surface area contributed by atoms with Crippen LogP contribution < -0.4 is 20.7 Å². The number of aliphatic imine (C=N–C) groups is 1. The highest BCUT2D eigenvalue weighted by molar-refractivity contribution is 5.95. The Morgan fingerprint density at radius 3 is 2.82 bits per heavy atom. The van der Waals surface area contributed by atoms with E-state index in [9.17, 15) is 4.79 Å². The lowest BCUT2D eigenvalue weighted by molar-refractivity contribution is -0.671. The Hall–Kier alpha value is -2.11. The highest BCUT2D eigenvalue weighted by Crippen LogP contribution is 1.94. The molecule has 1 aromatic rings. The van der Waals surface area contributed by atoms with Gasteiger partial charge in [0, 0.05) is 18.2 Å². The second-order valence-corrected chi connectivity index (χ2v) is 4.07. The van der Waals surface area contributed by atoms with Crippen molar-refractivity contribution in [3.05, 3.63) is 30.1 Å². The molecule has 6 heteroatoms. The molecule has 2 rings (SSSR count). The number of nitrogens with zero attached hydrogens (tertiary/aromatic N) is 2. The maximum Gasteiger partial charge on any atom is 0.270 e. The summed E-state index contributed by atoms with van der Waals surface area (Å²) in [6.45, 7) is 2.75. The summed E-state index contributed by atoms with van der Waals surface area (Å²) in [6, 6.07) is 3.82. The third kappa shape index (κ3) is 2.93. The Morgan fingerprint density at radius 2 is 2.24 bits per heavy atom. The second kappa shape index (κ2) is 4.82. The first kappa shape index (κ1) is 11.4. The van der Waals surface area contributed by atoms with Crippen LogP contribution in [0.5, 0.6) is 0 Å². The van der Waals surface area contributed by atoms with Gasteiger partial charge in [0.25, 0.3) is 5.91 Å². The van der Waals surface area contributed by atoms with Gasteiger partial charge in [0.15, 0.2) is 12.4 Å². The number of carbonyl (C=O) groups excluding carboxylic acids is 1. The van der Waals surface area contributed by atoms with E-state index >= 15 is 0 Å². The molecule has 6 nitrogen and oxygen atoms in total. The van der Waals surface area contributed by atoms with Gasteiger partial charge < -0.3 is 5.32 Å².